The first-order chi connectivity index (χ1) is 25.5. The second-order valence-electron chi connectivity index (χ2n) is 18.1. The van der Waals surface area contributed by atoms with Gasteiger partial charge in [-0.3, -0.25) is 0 Å². The average molecular weight is 757 g/mol. The molecule has 304 valence electrons. The van der Waals surface area contributed by atoms with Crippen LogP contribution in [0, 0.1) is 36.5 Å². The van der Waals surface area contributed by atoms with E-state index in [2.05, 4.69) is 72.7 Å². The van der Waals surface area contributed by atoms with E-state index in [0.29, 0.717) is 25.0 Å². The predicted octanol–water partition coefficient (Wildman–Crippen LogP) is 7.19. The topological polar surface area (TPSA) is 122 Å². The number of rotatable bonds is 11. The molecule has 1 spiro atoms. The monoisotopic (exact) mass is 756 g/mol. The van der Waals surface area contributed by atoms with Crippen LogP contribution in [0.3, 0.4) is 0 Å². The lowest BCUT2D eigenvalue weighted by Crippen LogP contribution is -2.56. The Morgan fingerprint density at radius 2 is 1.76 bits per heavy atom. The molecule has 0 amide bonds. The first kappa shape index (κ1) is 41.7. The highest BCUT2D eigenvalue weighted by Crippen LogP contribution is 2.55. The number of carbonyl (C=O) groups excluding carboxylic acids is 1. The van der Waals surface area contributed by atoms with Gasteiger partial charge >= 0.3 is 5.97 Å². The highest BCUT2D eigenvalue weighted by Gasteiger charge is 2.62. The minimum Gasteiger partial charge on any atom is -0.466 e. The van der Waals surface area contributed by atoms with Crippen molar-refractivity contribution in [1.82, 2.24) is 0 Å². The van der Waals surface area contributed by atoms with E-state index in [0.717, 1.165) is 44.1 Å². The van der Waals surface area contributed by atoms with Gasteiger partial charge in [-0.15, -0.1) is 0 Å². The van der Waals surface area contributed by atoms with Gasteiger partial charge in [-0.1, -0.05) is 77.4 Å². The van der Waals surface area contributed by atoms with Crippen molar-refractivity contribution in [2.24, 2.45) is 29.6 Å². The molecule has 0 unspecified atom stereocenters. The number of aliphatic hydroxyl groups excluding tert-OH is 1. The largest absolute Gasteiger partial charge is 0.466 e. The minimum atomic E-state index is -1.55. The summed E-state index contributed by atoms with van der Waals surface area (Å²) in [7, 11) is 1.40. The van der Waals surface area contributed by atoms with E-state index in [4.69, 9.17) is 33.2 Å². The Morgan fingerprint density at radius 1 is 1.04 bits per heavy atom. The van der Waals surface area contributed by atoms with E-state index >= 15 is 0 Å². The molecule has 54 heavy (non-hydrogen) atoms. The second-order valence-corrected chi connectivity index (χ2v) is 18.1. The van der Waals surface area contributed by atoms with Crippen LogP contribution < -0.4 is 0 Å². The Kier molecular flexibility index (Phi) is 12.5. The van der Waals surface area contributed by atoms with Gasteiger partial charge in [0.2, 0.25) is 0 Å². The number of benzene rings is 1. The molecule has 1 aromatic carbocycles. The highest BCUT2D eigenvalue weighted by atomic mass is 16.7. The summed E-state index contributed by atoms with van der Waals surface area (Å²) in [4.78, 5) is 12.4. The fourth-order valence-corrected chi connectivity index (χ4v) is 10.5. The van der Waals surface area contributed by atoms with Gasteiger partial charge in [-0.05, 0) is 76.7 Å². The summed E-state index contributed by atoms with van der Waals surface area (Å²) in [6, 6.07) is 8.46. The summed E-state index contributed by atoms with van der Waals surface area (Å²) in [6.45, 7) is 18.9. The fraction of sp³-hybridized carbons (Fsp3) is 0.795. The quantitative estimate of drug-likeness (QED) is 0.177. The standard InChI is InChI=1S/C44H68O10/c1-11-42(39-29(5)22-34(50-39)38-28(4)21-31(7)44(47,25-45)53-38)17-16-36(51-42)41(9)18-19-43(54-41)23-35(49-24-33-14-12-26(2)13-15-33)32(8)37(52-43)27(3)20-30(6)40(46)48-10/h12-15,20,27-29,31-32,34-39,45,47H,11,16-19,21-25H2,1-10H3/b30-20+/t27-,28-,29-,31+,32+,34+,35-,36+,37+,38-,39+,41-,42-,43+,44-/m0/s1. The summed E-state index contributed by atoms with van der Waals surface area (Å²) >= 11 is 0. The Balaban J connectivity index is 1.18. The highest BCUT2D eigenvalue weighted by molar-refractivity contribution is 5.87. The predicted molar refractivity (Wildman–Crippen MR) is 204 cm³/mol. The van der Waals surface area contributed by atoms with Gasteiger partial charge in [-0.2, -0.15) is 0 Å². The lowest BCUT2D eigenvalue weighted by Gasteiger charge is -2.48. The molecule has 10 heteroatoms. The number of aryl methyl sites for hydroxylation is 1. The van der Waals surface area contributed by atoms with Gasteiger partial charge in [0.05, 0.1) is 68.1 Å². The van der Waals surface area contributed by atoms with Crippen molar-refractivity contribution in [3.05, 3.63) is 47.0 Å². The summed E-state index contributed by atoms with van der Waals surface area (Å²) in [5.41, 5.74) is 1.83. The van der Waals surface area contributed by atoms with Gasteiger partial charge in [0.1, 0.15) is 0 Å². The number of hydrogen-bond donors (Lipinski definition) is 2. The lowest BCUT2D eigenvalue weighted by molar-refractivity contribution is -0.335. The molecule has 10 nitrogen and oxygen atoms in total. The molecule has 0 radical (unpaired) electrons. The van der Waals surface area contributed by atoms with Crippen LogP contribution in [0.1, 0.15) is 118 Å². The molecule has 5 saturated heterocycles. The van der Waals surface area contributed by atoms with Gasteiger partial charge in [-0.25, -0.2) is 4.79 Å². The molecule has 5 aliphatic rings. The molecule has 0 aliphatic carbocycles. The minimum absolute atomic E-state index is 0.0464. The van der Waals surface area contributed by atoms with Gasteiger partial charge in [0.25, 0.3) is 0 Å². The van der Waals surface area contributed by atoms with E-state index in [1.165, 1.54) is 12.7 Å². The third-order valence-electron chi connectivity index (χ3n) is 13.9. The third-order valence-corrected chi connectivity index (χ3v) is 13.9. The Bertz CT molecular complexity index is 1480. The van der Waals surface area contributed by atoms with Crippen LogP contribution in [0.25, 0.3) is 0 Å². The molecule has 0 saturated carbocycles. The van der Waals surface area contributed by atoms with Crippen molar-refractivity contribution in [1.29, 1.82) is 0 Å². The van der Waals surface area contributed by atoms with Crippen molar-refractivity contribution < 1.29 is 48.2 Å². The maximum Gasteiger partial charge on any atom is 0.333 e. The van der Waals surface area contributed by atoms with Crippen LogP contribution in [0.4, 0.5) is 0 Å². The summed E-state index contributed by atoms with van der Waals surface area (Å²) in [6.07, 6.45) is 6.98. The van der Waals surface area contributed by atoms with Crippen molar-refractivity contribution in [3.8, 4) is 0 Å². The summed E-state index contributed by atoms with van der Waals surface area (Å²) < 4.78 is 46.4. The Hall–Kier alpha value is -1.89. The van der Waals surface area contributed by atoms with E-state index < -0.39 is 29.4 Å². The van der Waals surface area contributed by atoms with Gasteiger partial charge in [0.15, 0.2) is 11.6 Å². The smallest absolute Gasteiger partial charge is 0.333 e. The molecule has 0 bridgehead atoms. The second kappa shape index (κ2) is 16.2. The maximum atomic E-state index is 12.4. The van der Waals surface area contributed by atoms with Crippen LogP contribution in [-0.2, 0) is 44.6 Å². The Morgan fingerprint density at radius 3 is 2.43 bits per heavy atom. The number of ether oxygens (including phenoxy) is 7. The number of hydrogen-bond acceptors (Lipinski definition) is 10. The molecule has 0 aromatic heterocycles. The zero-order valence-electron chi connectivity index (χ0n) is 34.5. The van der Waals surface area contributed by atoms with Crippen molar-refractivity contribution in [3.63, 3.8) is 0 Å². The zero-order chi connectivity index (χ0) is 39.2. The van der Waals surface area contributed by atoms with Gasteiger partial charge < -0.3 is 43.4 Å². The molecule has 5 fully saturated rings. The van der Waals surface area contributed by atoms with E-state index in [1.54, 1.807) is 6.92 Å². The Labute approximate surface area is 323 Å². The number of esters is 1. The van der Waals surface area contributed by atoms with E-state index in [9.17, 15) is 15.0 Å². The molecular formula is C44H68O10. The molecular weight excluding hydrogens is 688 g/mol. The number of aliphatic hydroxyl groups is 2. The first-order valence-electron chi connectivity index (χ1n) is 20.7. The molecule has 5 aliphatic heterocycles. The van der Waals surface area contributed by atoms with Crippen LogP contribution in [-0.4, -0.2) is 89.3 Å². The van der Waals surface area contributed by atoms with Crippen LogP contribution in [0.5, 0.6) is 0 Å². The molecule has 1 aromatic rings. The molecule has 2 N–H and O–H groups in total. The van der Waals surface area contributed by atoms with Crippen molar-refractivity contribution >= 4 is 5.97 Å². The molecule has 5 heterocycles. The molecule has 15 atom stereocenters. The summed E-state index contributed by atoms with van der Waals surface area (Å²) in [5.74, 6) is -2.54. The third kappa shape index (κ3) is 8.11. The van der Waals surface area contributed by atoms with E-state index in [-0.39, 0.29) is 72.2 Å². The first-order valence-corrected chi connectivity index (χ1v) is 20.7. The van der Waals surface area contributed by atoms with E-state index in [1.807, 2.05) is 13.0 Å². The number of methoxy groups -OCH3 is 1. The number of carbonyl (C=O) groups is 1. The SMILES string of the molecule is CC[C@@]1([C@@H]2O[C@@H]([C@H]3O[C@@](O)(CO)[C@H](C)C[C@@H]3C)C[C@@H]2C)CC[C@H]([C@]2(C)CC[C@]3(C[C@H](OCc4ccc(C)cc4)[C@@H](C)[C@@H]([C@@H](C)/C=C(\C)C(=O)OC)O3)O2)O1. The normalized spacial score (nSPS) is 44.9. The summed E-state index contributed by atoms with van der Waals surface area (Å²) in [5, 5.41) is 21.1. The van der Waals surface area contributed by atoms with Gasteiger partial charge in [0, 0.05) is 36.2 Å². The molecule has 6 rings (SSSR count). The van der Waals surface area contributed by atoms with Crippen molar-refractivity contribution in [2.75, 3.05) is 13.7 Å². The average Bonchev–Trinajstić information content (AvgIpc) is 3.86. The van der Waals surface area contributed by atoms with Crippen LogP contribution >= 0.6 is 0 Å². The maximum absolute atomic E-state index is 12.4. The van der Waals surface area contributed by atoms with Crippen LogP contribution in [0.2, 0.25) is 0 Å². The van der Waals surface area contributed by atoms with Crippen LogP contribution in [0.15, 0.2) is 35.9 Å². The fourth-order valence-electron chi connectivity index (χ4n) is 10.5. The zero-order valence-corrected chi connectivity index (χ0v) is 34.5. The lowest BCUT2D eigenvalue weighted by atomic mass is 9.80. The van der Waals surface area contributed by atoms with Crippen molar-refractivity contribution in [2.45, 2.75) is 180 Å².